The van der Waals surface area contributed by atoms with Crippen LogP contribution in [-0.4, -0.2) is 17.9 Å². The second-order valence-corrected chi connectivity index (χ2v) is 6.36. The van der Waals surface area contributed by atoms with Crippen LogP contribution in [0.4, 0.5) is 11.6 Å². The number of anilines is 2. The highest BCUT2D eigenvalue weighted by molar-refractivity contribution is 5.98. The predicted molar refractivity (Wildman–Crippen MR) is 107 cm³/mol. The molecule has 0 bridgehead atoms. The molecule has 0 radical (unpaired) electrons. The quantitative estimate of drug-likeness (QED) is 0.475. The first-order valence-corrected chi connectivity index (χ1v) is 8.90. The van der Waals surface area contributed by atoms with Gasteiger partial charge in [0.05, 0.1) is 18.5 Å². The van der Waals surface area contributed by atoms with E-state index in [2.05, 4.69) is 15.6 Å². The van der Waals surface area contributed by atoms with Crippen molar-refractivity contribution in [3.8, 4) is 0 Å². The standard InChI is InChI=1S/C21H20N4O3/c1-23-20-17(8-9-19(22)25-20)21(26)24-12-15-7-6-14(27-15)11-16-10-13-4-2-3-5-18(13)28-16/h2-10H,11-12H2,1H3,(H,24,26)(H3,22,23,25). The number of carbonyl (C=O) groups excluding carboxylic acids is 1. The predicted octanol–water partition coefficient (Wildman–Crippen LogP) is 3.57. The van der Waals surface area contributed by atoms with Gasteiger partial charge in [-0.2, -0.15) is 0 Å². The minimum absolute atomic E-state index is 0.257. The average Bonchev–Trinajstić information content (AvgIpc) is 3.32. The molecular weight excluding hydrogens is 356 g/mol. The number of amides is 1. The van der Waals surface area contributed by atoms with Crippen LogP contribution in [-0.2, 0) is 13.0 Å². The van der Waals surface area contributed by atoms with Gasteiger partial charge >= 0.3 is 0 Å². The molecule has 0 aliphatic heterocycles. The van der Waals surface area contributed by atoms with Crippen molar-refractivity contribution in [3.05, 3.63) is 77.4 Å². The first kappa shape index (κ1) is 17.7. The van der Waals surface area contributed by atoms with Gasteiger partial charge in [0.15, 0.2) is 0 Å². The van der Waals surface area contributed by atoms with Gasteiger partial charge in [-0.15, -0.1) is 0 Å². The second kappa shape index (κ2) is 7.48. The number of nitrogen functional groups attached to an aromatic ring is 1. The number of nitrogens with zero attached hydrogens (tertiary/aromatic N) is 1. The lowest BCUT2D eigenvalue weighted by atomic mass is 10.2. The van der Waals surface area contributed by atoms with Crippen LogP contribution in [0.1, 0.15) is 27.6 Å². The number of para-hydroxylation sites is 1. The zero-order valence-corrected chi connectivity index (χ0v) is 15.4. The number of hydrogen-bond donors (Lipinski definition) is 3. The molecule has 0 aliphatic rings. The summed E-state index contributed by atoms with van der Waals surface area (Å²) in [6.45, 7) is 0.270. The third kappa shape index (κ3) is 3.68. The SMILES string of the molecule is CNc1nc(N)ccc1C(=O)NCc1ccc(Cc2cc3ccccc3o2)o1. The Bertz CT molecular complexity index is 1100. The largest absolute Gasteiger partial charge is 0.464 e. The van der Waals surface area contributed by atoms with Crippen molar-refractivity contribution in [3.63, 3.8) is 0 Å². The lowest BCUT2D eigenvalue weighted by Crippen LogP contribution is -2.24. The number of aromatic nitrogens is 1. The first-order chi connectivity index (χ1) is 13.6. The number of furan rings is 2. The maximum atomic E-state index is 12.4. The minimum atomic E-state index is -0.257. The van der Waals surface area contributed by atoms with Gasteiger partial charge in [0, 0.05) is 12.4 Å². The van der Waals surface area contributed by atoms with Crippen LogP contribution < -0.4 is 16.4 Å². The van der Waals surface area contributed by atoms with Gasteiger partial charge in [-0.25, -0.2) is 4.98 Å². The molecule has 142 valence electrons. The van der Waals surface area contributed by atoms with Crippen molar-refractivity contribution in [1.29, 1.82) is 0 Å². The van der Waals surface area contributed by atoms with Gasteiger partial charge in [-0.3, -0.25) is 4.79 Å². The van der Waals surface area contributed by atoms with Crippen molar-refractivity contribution in [2.24, 2.45) is 0 Å². The fourth-order valence-corrected chi connectivity index (χ4v) is 3.02. The highest BCUT2D eigenvalue weighted by Crippen LogP contribution is 2.22. The van der Waals surface area contributed by atoms with Gasteiger partial charge in [0.1, 0.15) is 34.5 Å². The second-order valence-electron chi connectivity index (χ2n) is 6.36. The third-order valence-corrected chi connectivity index (χ3v) is 4.36. The zero-order chi connectivity index (χ0) is 19.5. The lowest BCUT2D eigenvalue weighted by Gasteiger charge is -2.08. The normalized spacial score (nSPS) is 10.9. The fraction of sp³-hybridized carbons (Fsp3) is 0.143. The molecule has 3 aromatic heterocycles. The Kier molecular flexibility index (Phi) is 4.72. The van der Waals surface area contributed by atoms with E-state index in [0.29, 0.717) is 29.4 Å². The van der Waals surface area contributed by atoms with Crippen LogP contribution in [0.2, 0.25) is 0 Å². The number of rotatable bonds is 6. The molecule has 3 heterocycles. The van der Waals surface area contributed by atoms with E-state index in [1.54, 1.807) is 19.2 Å². The monoisotopic (exact) mass is 376 g/mol. The molecule has 7 heteroatoms. The van der Waals surface area contributed by atoms with E-state index < -0.39 is 0 Å². The summed E-state index contributed by atoms with van der Waals surface area (Å²) in [5.41, 5.74) is 6.93. The highest BCUT2D eigenvalue weighted by atomic mass is 16.4. The average molecular weight is 376 g/mol. The highest BCUT2D eigenvalue weighted by Gasteiger charge is 2.13. The smallest absolute Gasteiger partial charge is 0.255 e. The van der Waals surface area contributed by atoms with Crippen LogP contribution in [0.3, 0.4) is 0 Å². The minimum Gasteiger partial charge on any atom is -0.464 e. The molecule has 4 rings (SSSR count). The van der Waals surface area contributed by atoms with Crippen molar-refractivity contribution >= 4 is 28.5 Å². The summed E-state index contributed by atoms with van der Waals surface area (Å²) in [6.07, 6.45) is 0.550. The van der Waals surface area contributed by atoms with Gasteiger partial charge in [0.2, 0.25) is 0 Å². The number of hydrogen-bond acceptors (Lipinski definition) is 6. The molecule has 1 amide bonds. The van der Waals surface area contributed by atoms with E-state index in [-0.39, 0.29) is 12.5 Å². The van der Waals surface area contributed by atoms with E-state index >= 15 is 0 Å². The van der Waals surface area contributed by atoms with Crippen molar-refractivity contribution in [1.82, 2.24) is 10.3 Å². The maximum absolute atomic E-state index is 12.4. The Morgan fingerprint density at radius 2 is 1.86 bits per heavy atom. The van der Waals surface area contributed by atoms with Gasteiger partial charge in [-0.05, 0) is 36.4 Å². The first-order valence-electron chi connectivity index (χ1n) is 8.90. The van der Waals surface area contributed by atoms with E-state index in [1.165, 1.54) is 0 Å². The summed E-state index contributed by atoms with van der Waals surface area (Å²) in [7, 11) is 1.69. The van der Waals surface area contributed by atoms with Gasteiger partial charge in [-0.1, -0.05) is 18.2 Å². The van der Waals surface area contributed by atoms with Crippen LogP contribution in [0, 0.1) is 0 Å². The molecule has 0 fully saturated rings. The molecule has 0 saturated heterocycles. The van der Waals surface area contributed by atoms with E-state index in [9.17, 15) is 4.79 Å². The molecule has 1 aromatic carbocycles. The molecule has 0 saturated carbocycles. The summed E-state index contributed by atoms with van der Waals surface area (Å²) < 4.78 is 11.6. The number of pyridine rings is 1. The molecule has 0 spiro atoms. The summed E-state index contributed by atoms with van der Waals surface area (Å²) in [5, 5.41) is 6.77. The van der Waals surface area contributed by atoms with Crippen LogP contribution in [0.15, 0.2) is 63.4 Å². The van der Waals surface area contributed by atoms with E-state index in [4.69, 9.17) is 14.6 Å². The Morgan fingerprint density at radius 1 is 1.04 bits per heavy atom. The molecule has 4 N–H and O–H groups in total. The fourth-order valence-electron chi connectivity index (χ4n) is 3.02. The summed E-state index contributed by atoms with van der Waals surface area (Å²) in [6, 6.07) is 16.8. The molecule has 28 heavy (non-hydrogen) atoms. The molecule has 0 unspecified atom stereocenters. The molecular formula is C21H20N4O3. The summed E-state index contributed by atoms with van der Waals surface area (Å²) >= 11 is 0. The Balaban J connectivity index is 1.40. The summed E-state index contributed by atoms with van der Waals surface area (Å²) in [5.74, 6) is 2.79. The Hall–Kier alpha value is -3.74. The topological polar surface area (TPSA) is 106 Å². The Labute approximate surface area is 161 Å². The van der Waals surface area contributed by atoms with Crippen molar-refractivity contribution < 1.29 is 13.6 Å². The van der Waals surface area contributed by atoms with Crippen molar-refractivity contribution in [2.45, 2.75) is 13.0 Å². The maximum Gasteiger partial charge on any atom is 0.255 e. The number of nitrogens with one attached hydrogen (secondary N) is 2. The summed E-state index contributed by atoms with van der Waals surface area (Å²) in [4.78, 5) is 16.5. The number of benzene rings is 1. The van der Waals surface area contributed by atoms with Crippen molar-refractivity contribution in [2.75, 3.05) is 18.1 Å². The lowest BCUT2D eigenvalue weighted by molar-refractivity contribution is 0.0948. The van der Waals surface area contributed by atoms with E-state index in [1.807, 2.05) is 42.5 Å². The van der Waals surface area contributed by atoms with E-state index in [0.717, 1.165) is 22.5 Å². The third-order valence-electron chi connectivity index (χ3n) is 4.36. The van der Waals surface area contributed by atoms with Crippen LogP contribution in [0.5, 0.6) is 0 Å². The molecule has 7 nitrogen and oxygen atoms in total. The number of nitrogens with two attached hydrogens (primary N) is 1. The zero-order valence-electron chi connectivity index (χ0n) is 15.4. The Morgan fingerprint density at radius 3 is 2.68 bits per heavy atom. The van der Waals surface area contributed by atoms with Crippen LogP contribution >= 0.6 is 0 Å². The van der Waals surface area contributed by atoms with Gasteiger partial charge < -0.3 is 25.2 Å². The molecule has 0 aliphatic carbocycles. The molecule has 0 atom stereocenters. The number of fused-ring (bicyclic) bond motifs is 1. The van der Waals surface area contributed by atoms with Gasteiger partial charge in [0.25, 0.3) is 5.91 Å². The molecule has 4 aromatic rings. The van der Waals surface area contributed by atoms with Crippen LogP contribution in [0.25, 0.3) is 11.0 Å². The number of carbonyl (C=O) groups is 1.